The molecule has 34 heavy (non-hydrogen) atoms. The van der Waals surface area contributed by atoms with Crippen molar-refractivity contribution < 1.29 is 22.7 Å². The van der Waals surface area contributed by atoms with Gasteiger partial charge in [0.05, 0.1) is 10.5 Å². The van der Waals surface area contributed by atoms with Crippen LogP contribution in [0.1, 0.15) is 31.9 Å². The maximum Gasteiger partial charge on any atom is 0.344 e. The van der Waals surface area contributed by atoms with Crippen LogP contribution >= 0.6 is 11.6 Å². The number of sulfone groups is 1. The third kappa shape index (κ3) is 7.11. The van der Waals surface area contributed by atoms with Gasteiger partial charge in [0.2, 0.25) is 0 Å². The molecule has 176 valence electrons. The average molecular weight is 497 g/mol. The first-order chi connectivity index (χ1) is 15.9. The maximum absolute atomic E-state index is 12.5. The van der Waals surface area contributed by atoms with Crippen molar-refractivity contribution in [3.8, 4) is 28.7 Å². The number of carbonyl (C=O) groups excluding carboxylic acids is 1. The predicted molar refractivity (Wildman–Crippen MR) is 134 cm³/mol. The number of hydrogen-bond donors (Lipinski definition) is 0. The molecule has 5 nitrogen and oxygen atoms in total. The van der Waals surface area contributed by atoms with Crippen molar-refractivity contribution in [1.29, 1.82) is 0 Å². The summed E-state index contributed by atoms with van der Waals surface area (Å²) < 4.78 is 35.8. The van der Waals surface area contributed by atoms with E-state index in [1.807, 2.05) is 30.3 Å². The van der Waals surface area contributed by atoms with Gasteiger partial charge in [-0.2, -0.15) is 0 Å². The Hall–Kier alpha value is -3.27. The Morgan fingerprint density at radius 1 is 0.971 bits per heavy atom. The molecule has 0 saturated heterocycles. The van der Waals surface area contributed by atoms with E-state index in [0.29, 0.717) is 27.5 Å². The summed E-state index contributed by atoms with van der Waals surface area (Å²) in [6, 6.07) is 19.2. The summed E-state index contributed by atoms with van der Waals surface area (Å²) in [5.74, 6) is 5.81. The van der Waals surface area contributed by atoms with Crippen molar-refractivity contribution in [3.05, 3.63) is 82.9 Å². The minimum Gasteiger partial charge on any atom is -0.481 e. The molecule has 0 heterocycles. The van der Waals surface area contributed by atoms with Gasteiger partial charge in [0.25, 0.3) is 0 Å². The minimum absolute atomic E-state index is 0.193. The van der Waals surface area contributed by atoms with Gasteiger partial charge in [-0.3, -0.25) is 0 Å². The Balaban J connectivity index is 1.92. The number of carbonyl (C=O) groups is 1. The van der Waals surface area contributed by atoms with Crippen LogP contribution in [0.15, 0.2) is 71.6 Å². The first kappa shape index (κ1) is 25.4. The van der Waals surface area contributed by atoms with E-state index in [2.05, 4.69) is 11.8 Å². The molecular weight excluding hydrogens is 472 g/mol. The lowest BCUT2D eigenvalue weighted by molar-refractivity contribution is -0.157. The standard InChI is InChI=1S/C27H25ClO5S/c1-27(2,3)33-26(29)18-32-24-15-13-22(28)17-21(24)12-10-19-11-14-23(20-8-6-5-7-9-20)25(16-19)34(4,30)31/h5-9,11,13-17H,18H2,1-4H3. The Kier molecular flexibility index (Phi) is 7.71. The quantitative estimate of drug-likeness (QED) is 0.343. The van der Waals surface area contributed by atoms with Crippen LogP contribution in [-0.4, -0.2) is 32.9 Å². The van der Waals surface area contributed by atoms with E-state index in [9.17, 15) is 13.2 Å². The van der Waals surface area contributed by atoms with Crippen molar-refractivity contribution in [2.75, 3.05) is 12.9 Å². The van der Waals surface area contributed by atoms with Gasteiger partial charge in [0.1, 0.15) is 11.4 Å². The maximum atomic E-state index is 12.5. The molecule has 3 rings (SSSR count). The molecule has 0 aliphatic heterocycles. The molecule has 0 fully saturated rings. The Bertz CT molecular complexity index is 1360. The molecule has 0 aromatic heterocycles. The van der Waals surface area contributed by atoms with Crippen LogP contribution in [0.3, 0.4) is 0 Å². The second-order valence-corrected chi connectivity index (χ2v) is 11.0. The summed E-state index contributed by atoms with van der Waals surface area (Å²) >= 11 is 6.13. The molecule has 0 radical (unpaired) electrons. The molecule has 0 atom stereocenters. The highest BCUT2D eigenvalue weighted by atomic mass is 35.5. The van der Waals surface area contributed by atoms with Gasteiger partial charge in [0.15, 0.2) is 16.4 Å². The lowest BCUT2D eigenvalue weighted by atomic mass is 10.0. The topological polar surface area (TPSA) is 69.7 Å². The Morgan fingerprint density at radius 2 is 1.68 bits per heavy atom. The first-order valence-corrected chi connectivity index (χ1v) is 12.7. The van der Waals surface area contributed by atoms with Crippen molar-refractivity contribution in [2.24, 2.45) is 0 Å². The van der Waals surface area contributed by atoms with Crippen molar-refractivity contribution in [3.63, 3.8) is 0 Å². The molecule has 0 aliphatic carbocycles. The lowest BCUT2D eigenvalue weighted by Gasteiger charge is -2.19. The van der Waals surface area contributed by atoms with Gasteiger partial charge < -0.3 is 9.47 Å². The zero-order valence-corrected chi connectivity index (χ0v) is 21.0. The molecule has 0 N–H and O–H groups in total. The van der Waals surface area contributed by atoms with Gasteiger partial charge in [-0.1, -0.05) is 59.8 Å². The number of hydrogen-bond acceptors (Lipinski definition) is 5. The van der Waals surface area contributed by atoms with Gasteiger partial charge in [-0.05, 0) is 56.7 Å². The van der Waals surface area contributed by atoms with Crippen LogP contribution in [0.2, 0.25) is 5.02 Å². The monoisotopic (exact) mass is 496 g/mol. The van der Waals surface area contributed by atoms with E-state index in [4.69, 9.17) is 21.1 Å². The lowest BCUT2D eigenvalue weighted by Crippen LogP contribution is -2.27. The largest absolute Gasteiger partial charge is 0.481 e. The van der Waals surface area contributed by atoms with Gasteiger partial charge in [-0.15, -0.1) is 0 Å². The Labute approximate surface area is 205 Å². The number of halogens is 1. The number of esters is 1. The van der Waals surface area contributed by atoms with E-state index < -0.39 is 21.4 Å². The van der Waals surface area contributed by atoms with Crippen LogP contribution < -0.4 is 4.74 Å². The summed E-state index contributed by atoms with van der Waals surface area (Å²) in [6.07, 6.45) is 1.17. The van der Waals surface area contributed by atoms with E-state index in [-0.39, 0.29) is 11.5 Å². The Morgan fingerprint density at radius 3 is 2.32 bits per heavy atom. The van der Waals surface area contributed by atoms with Gasteiger partial charge >= 0.3 is 5.97 Å². The van der Waals surface area contributed by atoms with Crippen LogP contribution in [-0.2, 0) is 19.4 Å². The molecule has 7 heteroatoms. The zero-order valence-electron chi connectivity index (χ0n) is 19.4. The fourth-order valence-corrected chi connectivity index (χ4v) is 4.23. The highest BCUT2D eigenvalue weighted by Gasteiger charge is 2.17. The van der Waals surface area contributed by atoms with Crippen LogP contribution in [0.25, 0.3) is 11.1 Å². The summed E-state index contributed by atoms with van der Waals surface area (Å²) in [7, 11) is -3.50. The summed E-state index contributed by atoms with van der Waals surface area (Å²) in [6.45, 7) is 5.05. The third-order valence-electron chi connectivity index (χ3n) is 4.51. The predicted octanol–water partition coefficient (Wildman–Crippen LogP) is 5.53. The van der Waals surface area contributed by atoms with Gasteiger partial charge in [0, 0.05) is 22.4 Å². The first-order valence-electron chi connectivity index (χ1n) is 10.5. The van der Waals surface area contributed by atoms with Crippen LogP contribution in [0.4, 0.5) is 0 Å². The number of benzene rings is 3. The van der Waals surface area contributed by atoms with Crippen LogP contribution in [0.5, 0.6) is 5.75 Å². The molecule has 0 amide bonds. The molecule has 3 aromatic carbocycles. The highest BCUT2D eigenvalue weighted by Crippen LogP contribution is 2.28. The van der Waals surface area contributed by atoms with Gasteiger partial charge in [-0.25, -0.2) is 13.2 Å². The van der Waals surface area contributed by atoms with E-state index in [1.54, 1.807) is 57.2 Å². The van der Waals surface area contributed by atoms with E-state index in [1.165, 1.54) is 6.26 Å². The highest BCUT2D eigenvalue weighted by molar-refractivity contribution is 7.90. The van der Waals surface area contributed by atoms with E-state index in [0.717, 1.165) is 5.56 Å². The zero-order chi connectivity index (χ0) is 24.9. The number of ether oxygens (including phenoxy) is 2. The molecule has 0 spiro atoms. The normalized spacial score (nSPS) is 11.3. The van der Waals surface area contributed by atoms with Crippen molar-refractivity contribution in [2.45, 2.75) is 31.3 Å². The number of rotatable bonds is 5. The van der Waals surface area contributed by atoms with Crippen LogP contribution in [0, 0.1) is 11.8 Å². The molecular formula is C27H25ClO5S. The minimum atomic E-state index is -3.50. The third-order valence-corrected chi connectivity index (χ3v) is 5.89. The molecule has 0 unspecified atom stereocenters. The summed E-state index contributed by atoms with van der Waals surface area (Å²) in [5, 5.41) is 0.449. The fraction of sp³-hybridized carbons (Fsp3) is 0.222. The van der Waals surface area contributed by atoms with Crippen molar-refractivity contribution in [1.82, 2.24) is 0 Å². The second kappa shape index (κ2) is 10.3. The SMILES string of the molecule is CC(C)(C)OC(=O)COc1ccc(Cl)cc1C#Cc1ccc(-c2ccccc2)c(S(C)(=O)=O)c1. The smallest absolute Gasteiger partial charge is 0.344 e. The summed E-state index contributed by atoms with van der Waals surface area (Å²) in [5.41, 5.74) is 1.77. The summed E-state index contributed by atoms with van der Waals surface area (Å²) in [4.78, 5) is 12.2. The second-order valence-electron chi connectivity index (χ2n) is 8.61. The van der Waals surface area contributed by atoms with E-state index >= 15 is 0 Å². The molecule has 0 bridgehead atoms. The molecule has 0 saturated carbocycles. The average Bonchev–Trinajstić information content (AvgIpc) is 2.75. The van der Waals surface area contributed by atoms with Crippen molar-refractivity contribution >= 4 is 27.4 Å². The fourth-order valence-electron chi connectivity index (χ4n) is 3.14. The molecule has 0 aliphatic rings. The molecule has 3 aromatic rings.